The predicted octanol–water partition coefficient (Wildman–Crippen LogP) is 4.81. The van der Waals surface area contributed by atoms with Crippen molar-refractivity contribution < 1.29 is 27.8 Å². The molecule has 5 nitrogen and oxygen atoms in total. The molecule has 2 aromatic carbocycles. The van der Waals surface area contributed by atoms with Gasteiger partial charge in [0.05, 0.1) is 5.69 Å². The zero-order chi connectivity index (χ0) is 22.3. The summed E-state index contributed by atoms with van der Waals surface area (Å²) < 4.78 is 48.7. The highest BCUT2D eigenvalue weighted by atomic mass is 79.9. The third kappa shape index (κ3) is 4.49. The first kappa shape index (κ1) is 22.2. The molecule has 4 rings (SSSR count). The van der Waals surface area contributed by atoms with Gasteiger partial charge in [-0.3, -0.25) is 4.79 Å². The molecule has 1 saturated heterocycles. The van der Waals surface area contributed by atoms with Crippen LogP contribution in [0.25, 0.3) is 0 Å². The minimum absolute atomic E-state index is 0.129. The van der Waals surface area contributed by atoms with Crippen LogP contribution in [-0.4, -0.2) is 36.3 Å². The Kier molecular flexibility index (Phi) is 6.11. The standard InChI is InChI=1S/C21H19BrClF3N2O3/c22-11-7-14(25)20(15(26)8-11)28-5-3-21(30,4-6-28)10-31-16-9-13(24)18(23)19-12(16)1-2-17(29)27-19/h7-9,30H,1-6,10H2,(H,27,29). The van der Waals surface area contributed by atoms with Crippen molar-refractivity contribution in [3.05, 3.63) is 50.7 Å². The van der Waals surface area contributed by atoms with E-state index in [1.807, 2.05) is 0 Å². The second-order valence-electron chi connectivity index (χ2n) is 7.79. The molecule has 166 valence electrons. The summed E-state index contributed by atoms with van der Waals surface area (Å²) in [5, 5.41) is 13.3. The average molecular weight is 520 g/mol. The van der Waals surface area contributed by atoms with Gasteiger partial charge >= 0.3 is 0 Å². The first-order valence-electron chi connectivity index (χ1n) is 9.72. The number of piperidine rings is 1. The van der Waals surface area contributed by atoms with Crippen LogP contribution >= 0.6 is 27.5 Å². The van der Waals surface area contributed by atoms with Crippen LogP contribution in [0.2, 0.25) is 5.02 Å². The average Bonchev–Trinajstić information content (AvgIpc) is 2.70. The Hall–Kier alpha value is -1.97. The summed E-state index contributed by atoms with van der Waals surface area (Å²) in [5.74, 6) is -2.15. The van der Waals surface area contributed by atoms with Crippen molar-refractivity contribution >= 4 is 44.8 Å². The number of nitrogens with one attached hydrogen (secondary N) is 1. The zero-order valence-electron chi connectivity index (χ0n) is 16.3. The van der Waals surface area contributed by atoms with E-state index in [-0.39, 0.29) is 67.0 Å². The highest BCUT2D eigenvalue weighted by Crippen LogP contribution is 2.40. The summed E-state index contributed by atoms with van der Waals surface area (Å²) in [7, 11) is 0. The maximum atomic E-state index is 14.2. The summed E-state index contributed by atoms with van der Waals surface area (Å²) >= 11 is 9.03. The van der Waals surface area contributed by atoms with Gasteiger partial charge in [-0.05, 0) is 31.4 Å². The van der Waals surface area contributed by atoms with Gasteiger partial charge in [0.2, 0.25) is 5.91 Å². The predicted molar refractivity (Wildman–Crippen MR) is 114 cm³/mol. The number of nitrogens with zero attached hydrogens (tertiary/aromatic N) is 1. The van der Waals surface area contributed by atoms with E-state index >= 15 is 0 Å². The van der Waals surface area contributed by atoms with Crippen LogP contribution in [0.5, 0.6) is 5.75 Å². The topological polar surface area (TPSA) is 61.8 Å². The number of benzene rings is 2. The van der Waals surface area contributed by atoms with Crippen LogP contribution in [-0.2, 0) is 11.2 Å². The fourth-order valence-corrected chi connectivity index (χ4v) is 4.55. The number of halogens is 5. The normalized spacial score (nSPS) is 17.9. The van der Waals surface area contributed by atoms with Gasteiger partial charge in [-0.25, -0.2) is 13.2 Å². The second-order valence-corrected chi connectivity index (χ2v) is 9.08. The molecule has 2 aliphatic rings. The number of carbonyl (C=O) groups is 1. The first-order valence-corrected chi connectivity index (χ1v) is 10.9. The minimum atomic E-state index is -1.25. The molecule has 0 bridgehead atoms. The number of anilines is 2. The van der Waals surface area contributed by atoms with Crippen molar-refractivity contribution in [2.45, 2.75) is 31.3 Å². The fraction of sp³-hybridized carbons (Fsp3) is 0.381. The molecule has 31 heavy (non-hydrogen) atoms. The van der Waals surface area contributed by atoms with Gasteiger partial charge in [-0.2, -0.15) is 0 Å². The first-order chi connectivity index (χ1) is 14.7. The molecule has 1 amide bonds. The van der Waals surface area contributed by atoms with Crippen molar-refractivity contribution in [2.24, 2.45) is 0 Å². The van der Waals surface area contributed by atoms with Gasteiger partial charge in [0.15, 0.2) is 11.6 Å². The number of fused-ring (bicyclic) bond motifs is 1. The molecule has 2 N–H and O–H groups in total. The Bertz CT molecular complexity index is 1020. The highest BCUT2D eigenvalue weighted by molar-refractivity contribution is 9.10. The van der Waals surface area contributed by atoms with E-state index in [2.05, 4.69) is 21.2 Å². The number of rotatable bonds is 4. The van der Waals surface area contributed by atoms with Crippen molar-refractivity contribution in [1.29, 1.82) is 0 Å². The molecule has 0 spiro atoms. The molecule has 10 heteroatoms. The van der Waals surface area contributed by atoms with Gasteiger partial charge in [-0.1, -0.05) is 27.5 Å². The largest absolute Gasteiger partial charge is 0.490 e. The smallest absolute Gasteiger partial charge is 0.224 e. The Balaban J connectivity index is 1.46. The number of carbonyl (C=O) groups excluding carboxylic acids is 1. The zero-order valence-corrected chi connectivity index (χ0v) is 18.6. The number of hydrogen-bond donors (Lipinski definition) is 2. The van der Waals surface area contributed by atoms with Crippen molar-refractivity contribution in [3.63, 3.8) is 0 Å². The molecule has 2 heterocycles. The van der Waals surface area contributed by atoms with Crippen LogP contribution in [0.4, 0.5) is 24.5 Å². The lowest BCUT2D eigenvalue weighted by Gasteiger charge is -2.39. The Morgan fingerprint density at radius 3 is 2.42 bits per heavy atom. The number of amides is 1. The van der Waals surface area contributed by atoms with E-state index in [9.17, 15) is 23.1 Å². The molecule has 0 aromatic heterocycles. The van der Waals surface area contributed by atoms with Crippen LogP contribution in [0.3, 0.4) is 0 Å². The summed E-state index contributed by atoms with van der Waals surface area (Å²) in [6, 6.07) is 3.53. The van der Waals surface area contributed by atoms with Crippen LogP contribution in [0.1, 0.15) is 24.8 Å². The maximum Gasteiger partial charge on any atom is 0.224 e. The molecule has 0 radical (unpaired) electrons. The third-order valence-electron chi connectivity index (χ3n) is 5.64. The van der Waals surface area contributed by atoms with Gasteiger partial charge in [0, 0.05) is 35.6 Å². The van der Waals surface area contributed by atoms with Crippen molar-refractivity contribution in [3.8, 4) is 5.75 Å². The van der Waals surface area contributed by atoms with E-state index in [4.69, 9.17) is 16.3 Å². The molecule has 0 aliphatic carbocycles. The fourth-order valence-electron chi connectivity index (χ4n) is 3.93. The Labute approximate surface area is 190 Å². The van der Waals surface area contributed by atoms with E-state index < -0.39 is 23.1 Å². The lowest BCUT2D eigenvalue weighted by molar-refractivity contribution is -0.116. The lowest BCUT2D eigenvalue weighted by Crippen LogP contribution is -2.48. The minimum Gasteiger partial charge on any atom is -0.490 e. The van der Waals surface area contributed by atoms with Crippen LogP contribution in [0, 0.1) is 17.5 Å². The third-order valence-corrected chi connectivity index (χ3v) is 6.47. The number of ether oxygens (including phenoxy) is 1. The molecular formula is C21H19BrClF3N2O3. The van der Waals surface area contributed by atoms with Gasteiger partial charge in [0.25, 0.3) is 0 Å². The van der Waals surface area contributed by atoms with Gasteiger partial charge in [-0.15, -0.1) is 0 Å². The van der Waals surface area contributed by atoms with Crippen LogP contribution in [0.15, 0.2) is 22.7 Å². The Morgan fingerprint density at radius 2 is 1.77 bits per heavy atom. The summed E-state index contributed by atoms with van der Waals surface area (Å²) in [6.07, 6.45) is 0.966. The van der Waals surface area contributed by atoms with Crippen LogP contribution < -0.4 is 15.0 Å². The van der Waals surface area contributed by atoms with E-state index in [0.29, 0.717) is 16.5 Å². The van der Waals surface area contributed by atoms with Gasteiger partial charge < -0.3 is 20.1 Å². The van der Waals surface area contributed by atoms with E-state index in [1.54, 1.807) is 4.90 Å². The molecule has 2 aromatic rings. The second kappa shape index (κ2) is 8.52. The molecule has 2 aliphatic heterocycles. The van der Waals surface area contributed by atoms with E-state index in [0.717, 1.165) is 6.07 Å². The lowest BCUT2D eigenvalue weighted by atomic mass is 9.92. The molecular weight excluding hydrogens is 501 g/mol. The maximum absolute atomic E-state index is 14.2. The highest BCUT2D eigenvalue weighted by Gasteiger charge is 2.35. The SMILES string of the molecule is O=C1CCc2c(OCC3(O)CCN(c4c(F)cc(Br)cc4F)CC3)cc(F)c(Cl)c2N1. The van der Waals surface area contributed by atoms with E-state index in [1.165, 1.54) is 12.1 Å². The summed E-state index contributed by atoms with van der Waals surface area (Å²) in [6.45, 7) is 0.310. The number of hydrogen-bond acceptors (Lipinski definition) is 4. The quantitative estimate of drug-likeness (QED) is 0.608. The monoisotopic (exact) mass is 518 g/mol. The molecule has 1 fully saturated rings. The molecule has 0 saturated carbocycles. The summed E-state index contributed by atoms with van der Waals surface area (Å²) in [4.78, 5) is 13.2. The molecule has 0 atom stereocenters. The van der Waals surface area contributed by atoms with Gasteiger partial charge in [0.1, 0.15) is 34.5 Å². The summed E-state index contributed by atoms with van der Waals surface area (Å²) in [5.41, 5.74) is -0.614. The Morgan fingerprint density at radius 1 is 1.13 bits per heavy atom. The van der Waals surface area contributed by atoms with Crippen molar-refractivity contribution in [1.82, 2.24) is 0 Å². The number of aliphatic hydroxyl groups is 1. The molecule has 0 unspecified atom stereocenters. The van der Waals surface area contributed by atoms with Crippen molar-refractivity contribution in [2.75, 3.05) is 29.9 Å².